The largest absolute Gasteiger partial charge is 0.468 e. The van der Waals surface area contributed by atoms with Crippen LogP contribution in [0.1, 0.15) is 5.56 Å². The molecule has 0 amide bonds. The molecule has 0 unspecified atom stereocenters. The van der Waals surface area contributed by atoms with Crippen LogP contribution in [0.3, 0.4) is 0 Å². The number of carbonyl (C=O) groups excluding carboxylic acids is 1. The Morgan fingerprint density at radius 2 is 2.18 bits per heavy atom. The third-order valence-corrected chi connectivity index (χ3v) is 2.48. The van der Waals surface area contributed by atoms with Gasteiger partial charge in [-0.15, -0.1) is 0 Å². The van der Waals surface area contributed by atoms with Gasteiger partial charge in [-0.2, -0.15) is 0 Å². The summed E-state index contributed by atoms with van der Waals surface area (Å²) in [4.78, 5) is 23.1. The molecule has 0 aliphatic heterocycles. The maximum atomic E-state index is 11.1. The molecule has 0 atom stereocenters. The molecule has 1 aromatic rings. The van der Waals surface area contributed by atoms with Crippen molar-refractivity contribution in [2.24, 2.45) is 0 Å². The number of ether oxygens (including phenoxy) is 1. The van der Waals surface area contributed by atoms with Gasteiger partial charge in [0.1, 0.15) is 6.54 Å². The third kappa shape index (κ3) is 2.93. The maximum Gasteiger partial charge on any atom is 0.325 e. The van der Waals surface area contributed by atoms with Gasteiger partial charge in [-0.05, 0) is 13.0 Å². The molecule has 0 bridgehead atoms. The highest BCUT2D eigenvalue weighted by atomic mass is 16.6. The van der Waals surface area contributed by atoms with Crippen molar-refractivity contribution in [1.29, 1.82) is 0 Å². The predicted molar refractivity (Wildman–Crippen MR) is 63.1 cm³/mol. The Balaban J connectivity index is 3.02. The number of esters is 1. The molecule has 17 heavy (non-hydrogen) atoms. The Kier molecular flexibility index (Phi) is 4.03. The summed E-state index contributed by atoms with van der Waals surface area (Å²) in [5.74, 6) is -0.390. The van der Waals surface area contributed by atoms with Gasteiger partial charge in [0.05, 0.1) is 17.6 Å². The molecule has 0 aliphatic carbocycles. The lowest BCUT2D eigenvalue weighted by Crippen LogP contribution is -2.27. The van der Waals surface area contributed by atoms with Gasteiger partial charge in [0.2, 0.25) is 0 Å². The fourth-order valence-corrected chi connectivity index (χ4v) is 1.57. The van der Waals surface area contributed by atoms with Gasteiger partial charge in [-0.1, -0.05) is 6.07 Å². The molecule has 0 aliphatic rings. The van der Waals surface area contributed by atoms with Crippen LogP contribution in [-0.4, -0.2) is 31.6 Å². The number of anilines is 1. The van der Waals surface area contributed by atoms with E-state index in [4.69, 9.17) is 0 Å². The summed E-state index contributed by atoms with van der Waals surface area (Å²) in [7, 11) is 2.99. The molecule has 0 spiro atoms. The van der Waals surface area contributed by atoms with E-state index in [1.54, 1.807) is 31.0 Å². The average Bonchev–Trinajstić information content (AvgIpc) is 2.28. The van der Waals surface area contributed by atoms with Gasteiger partial charge in [0.25, 0.3) is 5.69 Å². The molecule has 6 heteroatoms. The topological polar surface area (TPSA) is 72.7 Å². The Labute approximate surface area is 98.9 Å². The Morgan fingerprint density at radius 1 is 1.53 bits per heavy atom. The lowest BCUT2D eigenvalue weighted by atomic mass is 10.1. The fourth-order valence-electron chi connectivity index (χ4n) is 1.57. The molecular weight excluding hydrogens is 224 g/mol. The van der Waals surface area contributed by atoms with Gasteiger partial charge in [-0.3, -0.25) is 14.9 Å². The van der Waals surface area contributed by atoms with E-state index >= 15 is 0 Å². The normalized spacial score (nSPS) is 9.82. The summed E-state index contributed by atoms with van der Waals surface area (Å²) in [6.07, 6.45) is 0. The van der Waals surface area contributed by atoms with Gasteiger partial charge < -0.3 is 9.64 Å². The minimum Gasteiger partial charge on any atom is -0.468 e. The van der Waals surface area contributed by atoms with E-state index in [9.17, 15) is 14.9 Å². The lowest BCUT2D eigenvalue weighted by Gasteiger charge is -2.19. The van der Waals surface area contributed by atoms with E-state index < -0.39 is 10.9 Å². The molecule has 1 aromatic carbocycles. The third-order valence-electron chi connectivity index (χ3n) is 2.48. The summed E-state index contributed by atoms with van der Waals surface area (Å²) in [6.45, 7) is 1.71. The van der Waals surface area contributed by atoms with Crippen LogP contribution in [0.5, 0.6) is 0 Å². The van der Waals surface area contributed by atoms with Crippen LogP contribution in [-0.2, 0) is 9.53 Å². The first-order chi connectivity index (χ1) is 7.97. The molecule has 0 heterocycles. The van der Waals surface area contributed by atoms with Crippen LogP contribution in [0.25, 0.3) is 0 Å². The number of carbonyl (C=O) groups is 1. The highest BCUT2D eigenvalue weighted by Gasteiger charge is 2.16. The monoisotopic (exact) mass is 238 g/mol. The van der Waals surface area contributed by atoms with Gasteiger partial charge in [-0.25, -0.2) is 0 Å². The molecule has 92 valence electrons. The van der Waals surface area contributed by atoms with E-state index in [0.717, 1.165) is 0 Å². The van der Waals surface area contributed by atoms with Crippen molar-refractivity contribution in [1.82, 2.24) is 0 Å². The first-order valence-corrected chi connectivity index (χ1v) is 4.99. The number of hydrogen-bond acceptors (Lipinski definition) is 5. The van der Waals surface area contributed by atoms with E-state index in [-0.39, 0.29) is 12.2 Å². The van der Waals surface area contributed by atoms with E-state index in [0.29, 0.717) is 11.3 Å². The Morgan fingerprint density at radius 3 is 2.71 bits per heavy atom. The second-order valence-corrected chi connectivity index (χ2v) is 3.61. The molecule has 0 aromatic heterocycles. The standard InChI is InChI=1S/C11H14N2O4/c1-8-9(12(2)7-11(14)17-3)5-4-6-10(8)13(15)16/h4-6H,7H2,1-3H3. The van der Waals surface area contributed by atoms with Crippen LogP contribution < -0.4 is 4.90 Å². The minimum atomic E-state index is -0.440. The Hall–Kier alpha value is -2.11. The molecule has 0 saturated heterocycles. The van der Waals surface area contributed by atoms with Crippen molar-refractivity contribution < 1.29 is 14.5 Å². The summed E-state index contributed by atoms with van der Waals surface area (Å²) in [5, 5.41) is 10.8. The quantitative estimate of drug-likeness (QED) is 0.451. The van der Waals surface area contributed by atoms with E-state index in [2.05, 4.69) is 4.74 Å². The number of benzene rings is 1. The second-order valence-electron chi connectivity index (χ2n) is 3.61. The zero-order valence-electron chi connectivity index (χ0n) is 9.97. The number of nitro benzene ring substituents is 1. The molecule has 0 saturated carbocycles. The van der Waals surface area contributed by atoms with Crippen molar-refractivity contribution in [3.05, 3.63) is 33.9 Å². The van der Waals surface area contributed by atoms with Gasteiger partial charge in [0.15, 0.2) is 0 Å². The summed E-state index contributed by atoms with van der Waals surface area (Å²) >= 11 is 0. The fraction of sp³-hybridized carbons (Fsp3) is 0.364. The lowest BCUT2D eigenvalue weighted by molar-refractivity contribution is -0.385. The first kappa shape index (κ1) is 13.0. The molecule has 0 radical (unpaired) electrons. The van der Waals surface area contributed by atoms with Crippen molar-refractivity contribution in [3.8, 4) is 0 Å². The maximum absolute atomic E-state index is 11.1. The summed E-state index contributed by atoms with van der Waals surface area (Å²) < 4.78 is 4.55. The molecule has 0 N–H and O–H groups in total. The number of nitro groups is 1. The smallest absolute Gasteiger partial charge is 0.325 e. The summed E-state index contributed by atoms with van der Waals surface area (Å²) in [5.41, 5.74) is 1.22. The van der Waals surface area contributed by atoms with Crippen molar-refractivity contribution in [3.63, 3.8) is 0 Å². The van der Waals surface area contributed by atoms with Gasteiger partial charge >= 0.3 is 5.97 Å². The zero-order valence-corrected chi connectivity index (χ0v) is 9.97. The number of methoxy groups -OCH3 is 1. The number of nitrogens with zero attached hydrogens (tertiary/aromatic N) is 2. The summed E-state index contributed by atoms with van der Waals surface area (Å²) in [6, 6.07) is 4.75. The van der Waals surface area contributed by atoms with E-state index in [1.165, 1.54) is 13.2 Å². The highest BCUT2D eigenvalue weighted by molar-refractivity contribution is 5.76. The SMILES string of the molecule is COC(=O)CN(C)c1cccc([N+](=O)[O-])c1C. The van der Waals surface area contributed by atoms with Crippen LogP contribution in [0, 0.1) is 17.0 Å². The number of rotatable bonds is 4. The minimum absolute atomic E-state index is 0.0409. The van der Waals surface area contributed by atoms with Crippen LogP contribution in [0.15, 0.2) is 18.2 Å². The van der Waals surface area contributed by atoms with Crippen molar-refractivity contribution in [2.45, 2.75) is 6.92 Å². The second kappa shape index (κ2) is 5.29. The average molecular weight is 238 g/mol. The predicted octanol–water partition coefficient (Wildman–Crippen LogP) is 1.51. The van der Waals surface area contributed by atoms with Crippen LogP contribution in [0.2, 0.25) is 0 Å². The highest BCUT2D eigenvalue weighted by Crippen LogP contribution is 2.27. The molecular formula is C11H14N2O4. The number of hydrogen-bond donors (Lipinski definition) is 0. The van der Waals surface area contributed by atoms with Crippen LogP contribution >= 0.6 is 0 Å². The van der Waals surface area contributed by atoms with E-state index in [1.807, 2.05) is 0 Å². The van der Waals surface area contributed by atoms with Crippen LogP contribution in [0.4, 0.5) is 11.4 Å². The zero-order chi connectivity index (χ0) is 13.0. The number of likely N-dealkylation sites (N-methyl/N-ethyl adjacent to an activating group) is 1. The van der Waals surface area contributed by atoms with Crippen molar-refractivity contribution >= 4 is 17.3 Å². The molecule has 1 rings (SSSR count). The molecule has 6 nitrogen and oxygen atoms in total. The Bertz CT molecular complexity index is 445. The first-order valence-electron chi connectivity index (χ1n) is 4.99. The molecule has 0 fully saturated rings. The van der Waals surface area contributed by atoms with Gasteiger partial charge in [0, 0.05) is 18.8 Å². The van der Waals surface area contributed by atoms with Crippen molar-refractivity contribution in [2.75, 3.05) is 25.6 Å².